The van der Waals surface area contributed by atoms with Crippen LogP contribution in [0, 0.1) is 5.82 Å². The van der Waals surface area contributed by atoms with Crippen LogP contribution in [-0.2, 0) is 9.53 Å². The van der Waals surface area contributed by atoms with Crippen molar-refractivity contribution in [3.8, 4) is 0 Å². The van der Waals surface area contributed by atoms with Crippen LogP contribution in [0.1, 0.15) is 20.3 Å². The van der Waals surface area contributed by atoms with E-state index in [9.17, 15) is 14.0 Å². The fourth-order valence-corrected chi connectivity index (χ4v) is 1.47. The monoisotopic (exact) mass is 268 g/mol. The summed E-state index contributed by atoms with van der Waals surface area (Å²) in [6.07, 6.45) is 0.0680. The van der Waals surface area contributed by atoms with Crippen LogP contribution in [0.3, 0.4) is 0 Å². The standard InChI is InChI=1S/C13H17FN2O3/c1-3-19-12(17)8-9(2)15-13(18)16-11-7-5-4-6-10(11)14/h4-7,9H,3,8H2,1-2H3,(H2,15,16,18). The van der Waals surface area contributed by atoms with Gasteiger partial charge in [0.2, 0.25) is 0 Å². The van der Waals surface area contributed by atoms with E-state index in [1.54, 1.807) is 19.9 Å². The number of nitrogens with one attached hydrogen (secondary N) is 2. The quantitative estimate of drug-likeness (QED) is 0.805. The summed E-state index contributed by atoms with van der Waals surface area (Å²) in [5, 5.41) is 4.90. The van der Waals surface area contributed by atoms with Crippen LogP contribution in [-0.4, -0.2) is 24.6 Å². The predicted molar refractivity (Wildman–Crippen MR) is 69.3 cm³/mol. The van der Waals surface area contributed by atoms with Crippen molar-refractivity contribution in [3.63, 3.8) is 0 Å². The molecular weight excluding hydrogens is 251 g/mol. The summed E-state index contributed by atoms with van der Waals surface area (Å²) < 4.78 is 18.0. The highest BCUT2D eigenvalue weighted by Crippen LogP contribution is 2.11. The van der Waals surface area contributed by atoms with Gasteiger partial charge in [-0.1, -0.05) is 12.1 Å². The number of benzene rings is 1. The summed E-state index contributed by atoms with van der Waals surface area (Å²) in [4.78, 5) is 22.8. The van der Waals surface area contributed by atoms with E-state index in [1.165, 1.54) is 18.2 Å². The Hall–Kier alpha value is -2.11. The molecule has 1 unspecified atom stereocenters. The molecule has 6 heteroatoms. The highest BCUT2D eigenvalue weighted by molar-refractivity contribution is 5.89. The second kappa shape index (κ2) is 7.35. The van der Waals surface area contributed by atoms with Gasteiger partial charge in [-0.3, -0.25) is 4.79 Å². The number of urea groups is 1. The molecule has 0 aliphatic carbocycles. The Morgan fingerprint density at radius 3 is 2.68 bits per heavy atom. The normalized spacial score (nSPS) is 11.5. The molecule has 1 atom stereocenters. The van der Waals surface area contributed by atoms with Crippen molar-refractivity contribution in [2.45, 2.75) is 26.3 Å². The summed E-state index contributed by atoms with van der Waals surface area (Å²) >= 11 is 0. The second-order valence-corrected chi connectivity index (χ2v) is 3.99. The first kappa shape index (κ1) is 14.9. The number of para-hydroxylation sites is 1. The molecular formula is C13H17FN2O3. The molecule has 19 heavy (non-hydrogen) atoms. The largest absolute Gasteiger partial charge is 0.466 e. The molecule has 1 aromatic rings. The molecule has 5 nitrogen and oxygen atoms in total. The summed E-state index contributed by atoms with van der Waals surface area (Å²) in [5.41, 5.74) is 0.0864. The Kier molecular flexibility index (Phi) is 5.78. The minimum atomic E-state index is -0.568. The van der Waals surface area contributed by atoms with Crippen molar-refractivity contribution < 1.29 is 18.7 Å². The number of hydrogen-bond donors (Lipinski definition) is 2. The third kappa shape index (κ3) is 5.37. The summed E-state index contributed by atoms with van der Waals surface area (Å²) in [6.45, 7) is 3.67. The Balaban J connectivity index is 2.43. The van der Waals surface area contributed by atoms with Crippen LogP contribution in [0.15, 0.2) is 24.3 Å². The van der Waals surface area contributed by atoms with Crippen LogP contribution in [0.25, 0.3) is 0 Å². The van der Waals surface area contributed by atoms with E-state index in [2.05, 4.69) is 10.6 Å². The van der Waals surface area contributed by atoms with E-state index in [0.717, 1.165) is 0 Å². The van der Waals surface area contributed by atoms with Gasteiger partial charge in [0.05, 0.1) is 18.7 Å². The minimum Gasteiger partial charge on any atom is -0.466 e. The molecule has 0 bridgehead atoms. The molecule has 1 rings (SSSR count). The van der Waals surface area contributed by atoms with Gasteiger partial charge in [0.1, 0.15) is 5.82 Å². The SMILES string of the molecule is CCOC(=O)CC(C)NC(=O)Nc1ccccc1F. The van der Waals surface area contributed by atoms with Gasteiger partial charge in [0.25, 0.3) is 0 Å². The van der Waals surface area contributed by atoms with Gasteiger partial charge in [0, 0.05) is 6.04 Å². The summed E-state index contributed by atoms with van der Waals surface area (Å²) in [7, 11) is 0. The zero-order valence-electron chi connectivity index (χ0n) is 10.9. The Morgan fingerprint density at radius 1 is 1.37 bits per heavy atom. The predicted octanol–water partition coefficient (Wildman–Crippen LogP) is 2.29. The van der Waals surface area contributed by atoms with Crippen molar-refractivity contribution >= 4 is 17.7 Å². The molecule has 0 aliphatic heterocycles. The van der Waals surface area contributed by atoms with Crippen LogP contribution >= 0.6 is 0 Å². The molecule has 0 aliphatic rings. The number of rotatable bonds is 5. The molecule has 104 valence electrons. The number of anilines is 1. The number of amides is 2. The number of ether oxygens (including phenoxy) is 1. The number of esters is 1. The lowest BCUT2D eigenvalue weighted by Crippen LogP contribution is -2.37. The first-order valence-corrected chi connectivity index (χ1v) is 6.00. The molecule has 0 heterocycles. The Morgan fingerprint density at radius 2 is 2.05 bits per heavy atom. The van der Waals surface area contributed by atoms with Gasteiger partial charge in [0.15, 0.2) is 0 Å². The van der Waals surface area contributed by atoms with Crippen LogP contribution in [0.2, 0.25) is 0 Å². The van der Waals surface area contributed by atoms with E-state index >= 15 is 0 Å². The first-order chi connectivity index (χ1) is 9.02. The maximum atomic E-state index is 13.3. The average molecular weight is 268 g/mol. The number of carbonyl (C=O) groups excluding carboxylic acids is 2. The maximum absolute atomic E-state index is 13.3. The topological polar surface area (TPSA) is 67.4 Å². The van der Waals surface area contributed by atoms with Gasteiger partial charge < -0.3 is 15.4 Å². The van der Waals surface area contributed by atoms with Crippen molar-refractivity contribution in [2.24, 2.45) is 0 Å². The maximum Gasteiger partial charge on any atom is 0.319 e. The first-order valence-electron chi connectivity index (χ1n) is 6.00. The molecule has 2 N–H and O–H groups in total. The van der Waals surface area contributed by atoms with E-state index in [4.69, 9.17) is 4.74 Å². The van der Waals surface area contributed by atoms with Crippen molar-refractivity contribution in [2.75, 3.05) is 11.9 Å². The fourth-order valence-electron chi connectivity index (χ4n) is 1.47. The lowest BCUT2D eigenvalue weighted by atomic mass is 10.2. The smallest absolute Gasteiger partial charge is 0.319 e. The molecule has 0 saturated carbocycles. The van der Waals surface area contributed by atoms with E-state index in [-0.39, 0.29) is 18.1 Å². The van der Waals surface area contributed by atoms with Gasteiger partial charge in [-0.25, -0.2) is 9.18 Å². The zero-order valence-corrected chi connectivity index (χ0v) is 10.9. The van der Waals surface area contributed by atoms with Crippen LogP contribution < -0.4 is 10.6 Å². The van der Waals surface area contributed by atoms with Crippen LogP contribution in [0.4, 0.5) is 14.9 Å². The molecule has 0 spiro atoms. The molecule has 0 saturated heterocycles. The van der Waals surface area contributed by atoms with Gasteiger partial charge >= 0.3 is 12.0 Å². The van der Waals surface area contributed by atoms with E-state index in [0.29, 0.717) is 6.61 Å². The lowest BCUT2D eigenvalue weighted by molar-refractivity contribution is -0.143. The lowest BCUT2D eigenvalue weighted by Gasteiger charge is -2.14. The highest BCUT2D eigenvalue weighted by Gasteiger charge is 2.13. The molecule has 2 amide bonds. The van der Waals surface area contributed by atoms with Crippen molar-refractivity contribution in [1.82, 2.24) is 5.32 Å². The van der Waals surface area contributed by atoms with Gasteiger partial charge in [-0.05, 0) is 26.0 Å². The fraction of sp³-hybridized carbons (Fsp3) is 0.385. The van der Waals surface area contributed by atoms with Crippen molar-refractivity contribution in [1.29, 1.82) is 0 Å². The summed E-state index contributed by atoms with van der Waals surface area (Å²) in [6, 6.07) is 4.87. The number of carbonyl (C=O) groups is 2. The average Bonchev–Trinajstić information content (AvgIpc) is 2.31. The van der Waals surface area contributed by atoms with Crippen molar-refractivity contribution in [3.05, 3.63) is 30.1 Å². The molecule has 0 aromatic heterocycles. The van der Waals surface area contributed by atoms with Crippen LogP contribution in [0.5, 0.6) is 0 Å². The minimum absolute atomic E-state index is 0.0680. The van der Waals surface area contributed by atoms with Gasteiger partial charge in [-0.2, -0.15) is 0 Å². The highest BCUT2D eigenvalue weighted by atomic mass is 19.1. The Bertz CT molecular complexity index is 451. The molecule has 0 fully saturated rings. The van der Waals surface area contributed by atoms with E-state index in [1.807, 2.05) is 0 Å². The Labute approximate surface area is 111 Å². The third-order valence-corrected chi connectivity index (χ3v) is 2.28. The zero-order chi connectivity index (χ0) is 14.3. The second-order valence-electron chi connectivity index (χ2n) is 3.99. The number of halogens is 1. The third-order valence-electron chi connectivity index (χ3n) is 2.28. The summed E-state index contributed by atoms with van der Waals surface area (Å²) in [5.74, 6) is -0.906. The molecule has 0 radical (unpaired) electrons. The number of hydrogen-bond acceptors (Lipinski definition) is 3. The van der Waals surface area contributed by atoms with E-state index < -0.39 is 17.9 Å². The molecule has 1 aromatic carbocycles. The van der Waals surface area contributed by atoms with Gasteiger partial charge in [-0.15, -0.1) is 0 Å².